The van der Waals surface area contributed by atoms with Gasteiger partial charge in [0.2, 0.25) is 0 Å². The van der Waals surface area contributed by atoms with Gasteiger partial charge in [0.25, 0.3) is 11.2 Å². The number of non-ortho nitro benzene ring substituents is 1. The van der Waals surface area contributed by atoms with Crippen LogP contribution in [0, 0.1) is 17.0 Å². The minimum atomic E-state index is -0.482. The number of hydrogen-bond donors (Lipinski definition) is 1. The van der Waals surface area contributed by atoms with Gasteiger partial charge < -0.3 is 4.98 Å². The minimum Gasteiger partial charge on any atom is -0.307 e. The van der Waals surface area contributed by atoms with Crippen molar-refractivity contribution in [2.45, 2.75) is 6.92 Å². The van der Waals surface area contributed by atoms with Crippen molar-refractivity contribution >= 4 is 5.69 Å². The lowest BCUT2D eigenvalue weighted by atomic mass is 10.1. The Kier molecular flexibility index (Phi) is 2.70. The van der Waals surface area contributed by atoms with Gasteiger partial charge in [-0.1, -0.05) is 6.07 Å². The number of H-pyrrole nitrogens is 1. The van der Waals surface area contributed by atoms with Gasteiger partial charge >= 0.3 is 0 Å². The summed E-state index contributed by atoms with van der Waals surface area (Å²) in [5, 5.41) is 10.7. The Morgan fingerprint density at radius 3 is 2.76 bits per heavy atom. The van der Waals surface area contributed by atoms with Crippen LogP contribution >= 0.6 is 0 Å². The molecule has 0 bridgehead atoms. The van der Waals surface area contributed by atoms with Crippen molar-refractivity contribution in [3.8, 4) is 11.4 Å². The number of rotatable bonds is 2. The number of nitrogens with one attached hydrogen (secondary N) is 1. The van der Waals surface area contributed by atoms with E-state index >= 15 is 0 Å². The molecule has 2 rings (SSSR count). The van der Waals surface area contributed by atoms with E-state index < -0.39 is 4.92 Å². The standard InChI is InChI=1S/C11H9N3O3/c1-7-2-3-8(14(16)17)6-9(7)11-12-5-4-10(15)13-11/h2-6H,1H3,(H,12,13,15). The number of nitro groups is 1. The number of nitrogens with zero attached hydrogens (tertiary/aromatic N) is 2. The minimum absolute atomic E-state index is 0.0305. The zero-order valence-corrected chi connectivity index (χ0v) is 9.01. The molecule has 1 aromatic carbocycles. The summed E-state index contributed by atoms with van der Waals surface area (Å²) in [6, 6.07) is 5.73. The summed E-state index contributed by atoms with van der Waals surface area (Å²) >= 11 is 0. The molecular weight excluding hydrogens is 222 g/mol. The van der Waals surface area contributed by atoms with Gasteiger partial charge in [-0.2, -0.15) is 0 Å². The molecule has 0 saturated carbocycles. The van der Waals surface area contributed by atoms with Gasteiger partial charge in [-0.05, 0) is 12.5 Å². The van der Waals surface area contributed by atoms with Crippen molar-refractivity contribution in [3.05, 3.63) is 56.5 Å². The third-order valence-electron chi connectivity index (χ3n) is 2.36. The zero-order valence-electron chi connectivity index (χ0n) is 9.01. The van der Waals surface area contributed by atoms with E-state index in [1.165, 1.54) is 24.4 Å². The molecule has 0 atom stereocenters. The topological polar surface area (TPSA) is 88.9 Å². The van der Waals surface area contributed by atoms with Crippen LogP contribution in [0.5, 0.6) is 0 Å². The van der Waals surface area contributed by atoms with Gasteiger partial charge in [0, 0.05) is 30.0 Å². The van der Waals surface area contributed by atoms with Crippen LogP contribution in [-0.4, -0.2) is 14.9 Å². The highest BCUT2D eigenvalue weighted by atomic mass is 16.6. The Morgan fingerprint density at radius 1 is 1.35 bits per heavy atom. The highest BCUT2D eigenvalue weighted by Gasteiger charge is 2.11. The van der Waals surface area contributed by atoms with E-state index in [-0.39, 0.29) is 11.2 Å². The maximum absolute atomic E-state index is 11.2. The van der Waals surface area contributed by atoms with Crippen molar-refractivity contribution in [2.24, 2.45) is 0 Å². The Bertz CT molecular complexity index is 634. The number of nitro benzene ring substituents is 1. The molecule has 6 nitrogen and oxygen atoms in total. The first kappa shape index (κ1) is 11.0. The van der Waals surface area contributed by atoms with Crippen molar-refractivity contribution in [1.82, 2.24) is 9.97 Å². The first-order chi connectivity index (χ1) is 8.08. The number of aromatic nitrogens is 2. The van der Waals surface area contributed by atoms with Crippen molar-refractivity contribution in [1.29, 1.82) is 0 Å². The van der Waals surface area contributed by atoms with Crippen LogP contribution in [-0.2, 0) is 0 Å². The fourth-order valence-corrected chi connectivity index (χ4v) is 1.49. The fourth-order valence-electron chi connectivity index (χ4n) is 1.49. The largest absolute Gasteiger partial charge is 0.307 e. The van der Waals surface area contributed by atoms with Crippen LogP contribution in [0.25, 0.3) is 11.4 Å². The van der Waals surface area contributed by atoms with Gasteiger partial charge in [-0.3, -0.25) is 14.9 Å². The summed E-state index contributed by atoms with van der Waals surface area (Å²) in [5.41, 5.74) is 1.04. The smallest absolute Gasteiger partial charge is 0.270 e. The molecular formula is C11H9N3O3. The molecule has 0 spiro atoms. The van der Waals surface area contributed by atoms with E-state index in [1.54, 1.807) is 13.0 Å². The van der Waals surface area contributed by atoms with Crippen LogP contribution in [0.3, 0.4) is 0 Å². The van der Waals surface area contributed by atoms with Crippen molar-refractivity contribution in [3.63, 3.8) is 0 Å². The number of aryl methyl sites for hydroxylation is 1. The van der Waals surface area contributed by atoms with E-state index in [0.29, 0.717) is 11.4 Å². The monoisotopic (exact) mass is 231 g/mol. The predicted molar refractivity (Wildman–Crippen MR) is 61.7 cm³/mol. The first-order valence-corrected chi connectivity index (χ1v) is 4.88. The zero-order chi connectivity index (χ0) is 12.4. The highest BCUT2D eigenvalue weighted by molar-refractivity contribution is 5.63. The number of benzene rings is 1. The highest BCUT2D eigenvalue weighted by Crippen LogP contribution is 2.23. The lowest BCUT2D eigenvalue weighted by molar-refractivity contribution is -0.384. The fraction of sp³-hybridized carbons (Fsp3) is 0.0909. The van der Waals surface area contributed by atoms with Gasteiger partial charge in [-0.15, -0.1) is 0 Å². The van der Waals surface area contributed by atoms with E-state index in [1.807, 2.05) is 0 Å². The van der Waals surface area contributed by atoms with Gasteiger partial charge in [-0.25, -0.2) is 4.98 Å². The average Bonchev–Trinajstić information content (AvgIpc) is 2.29. The molecule has 0 aliphatic rings. The first-order valence-electron chi connectivity index (χ1n) is 4.88. The quantitative estimate of drug-likeness (QED) is 0.628. The molecule has 0 amide bonds. The van der Waals surface area contributed by atoms with Crippen LogP contribution in [0.4, 0.5) is 5.69 Å². The summed E-state index contributed by atoms with van der Waals surface area (Å²) < 4.78 is 0. The second-order valence-electron chi connectivity index (χ2n) is 3.54. The Balaban J connectivity index is 2.62. The molecule has 0 fully saturated rings. The molecule has 0 unspecified atom stereocenters. The molecule has 1 N–H and O–H groups in total. The van der Waals surface area contributed by atoms with Gasteiger partial charge in [0.15, 0.2) is 0 Å². The third kappa shape index (κ3) is 2.20. The third-order valence-corrected chi connectivity index (χ3v) is 2.36. The molecule has 0 aliphatic heterocycles. The lowest BCUT2D eigenvalue weighted by Gasteiger charge is -2.04. The maximum atomic E-state index is 11.2. The van der Waals surface area contributed by atoms with Crippen molar-refractivity contribution in [2.75, 3.05) is 0 Å². The summed E-state index contributed by atoms with van der Waals surface area (Å²) in [6.07, 6.45) is 1.37. The molecule has 2 aromatic rings. The molecule has 86 valence electrons. The number of hydrogen-bond acceptors (Lipinski definition) is 4. The summed E-state index contributed by atoms with van der Waals surface area (Å²) in [6.45, 7) is 1.80. The molecule has 0 aliphatic carbocycles. The van der Waals surface area contributed by atoms with Crippen LogP contribution in [0.15, 0.2) is 35.3 Å². The average molecular weight is 231 g/mol. The summed E-state index contributed by atoms with van der Waals surface area (Å²) in [5.74, 6) is 0.332. The van der Waals surface area contributed by atoms with E-state index in [0.717, 1.165) is 5.56 Å². The summed E-state index contributed by atoms with van der Waals surface area (Å²) in [7, 11) is 0. The van der Waals surface area contributed by atoms with Crippen LogP contribution < -0.4 is 5.56 Å². The normalized spacial score (nSPS) is 10.2. The van der Waals surface area contributed by atoms with E-state index in [2.05, 4.69) is 9.97 Å². The number of aromatic amines is 1. The second-order valence-corrected chi connectivity index (χ2v) is 3.54. The molecule has 1 aromatic heterocycles. The Hall–Kier alpha value is -2.50. The Labute approximate surface area is 96.1 Å². The summed E-state index contributed by atoms with van der Waals surface area (Å²) in [4.78, 5) is 27.9. The molecule has 1 heterocycles. The van der Waals surface area contributed by atoms with E-state index in [4.69, 9.17) is 0 Å². The second kappa shape index (κ2) is 4.17. The molecule has 0 radical (unpaired) electrons. The van der Waals surface area contributed by atoms with Crippen LogP contribution in [0.1, 0.15) is 5.56 Å². The lowest BCUT2D eigenvalue weighted by Crippen LogP contribution is -2.06. The van der Waals surface area contributed by atoms with Gasteiger partial charge in [0.1, 0.15) is 5.82 Å². The van der Waals surface area contributed by atoms with Crippen LogP contribution in [0.2, 0.25) is 0 Å². The molecule has 0 saturated heterocycles. The van der Waals surface area contributed by atoms with E-state index in [9.17, 15) is 14.9 Å². The molecule has 6 heteroatoms. The SMILES string of the molecule is Cc1ccc([N+](=O)[O-])cc1-c1nccc(=O)[nH]1. The van der Waals surface area contributed by atoms with Gasteiger partial charge in [0.05, 0.1) is 4.92 Å². The maximum Gasteiger partial charge on any atom is 0.270 e. The predicted octanol–water partition coefficient (Wildman–Crippen LogP) is 1.65. The Morgan fingerprint density at radius 2 is 2.12 bits per heavy atom. The van der Waals surface area contributed by atoms with Crippen molar-refractivity contribution < 1.29 is 4.92 Å². The molecule has 17 heavy (non-hydrogen) atoms.